The van der Waals surface area contributed by atoms with Crippen molar-refractivity contribution in [2.24, 2.45) is 0 Å². The molecule has 1 fully saturated rings. The van der Waals surface area contributed by atoms with E-state index >= 15 is 0 Å². The van der Waals surface area contributed by atoms with E-state index in [0.717, 1.165) is 56.8 Å². The second-order valence-electron chi connectivity index (χ2n) is 17.8. The number of ether oxygens (including phenoxy) is 1. The highest BCUT2D eigenvalue weighted by molar-refractivity contribution is 7.26. The molecule has 13 rings (SSSR count). The van der Waals surface area contributed by atoms with Crippen LogP contribution >= 0.6 is 11.3 Å². The van der Waals surface area contributed by atoms with Gasteiger partial charge in [-0.1, -0.05) is 147 Å². The van der Waals surface area contributed by atoms with Gasteiger partial charge in [0.15, 0.2) is 0 Å². The van der Waals surface area contributed by atoms with E-state index in [1.165, 1.54) is 80.1 Å². The number of hydrogen-bond acceptors (Lipinski definition) is 4. The van der Waals surface area contributed by atoms with Gasteiger partial charge in [0.1, 0.15) is 11.5 Å². The first kappa shape index (κ1) is 38.1. The summed E-state index contributed by atoms with van der Waals surface area (Å²) in [4.78, 5) is 4.92. The summed E-state index contributed by atoms with van der Waals surface area (Å²) in [5, 5.41) is 2.53. The Bertz CT molecular complexity index is 3370. The molecule has 3 nitrogen and oxygen atoms in total. The van der Waals surface area contributed by atoms with E-state index in [2.05, 4.69) is 222 Å². The van der Waals surface area contributed by atoms with Crippen LogP contribution in [0.1, 0.15) is 65.8 Å². The zero-order valence-corrected chi connectivity index (χ0v) is 36.8. The predicted molar refractivity (Wildman–Crippen MR) is 272 cm³/mol. The van der Waals surface area contributed by atoms with Gasteiger partial charge in [-0.3, -0.25) is 0 Å². The summed E-state index contributed by atoms with van der Waals surface area (Å²) >= 11 is 1.86. The zero-order chi connectivity index (χ0) is 42.9. The number of anilines is 6. The number of nitrogens with zero attached hydrogens (tertiary/aromatic N) is 2. The van der Waals surface area contributed by atoms with E-state index in [9.17, 15) is 0 Å². The molecule has 0 atom stereocenters. The lowest BCUT2D eigenvalue weighted by molar-refractivity contribution is 0.436. The number of benzene rings is 9. The normalized spacial score (nSPS) is 14.6. The van der Waals surface area contributed by atoms with Crippen LogP contribution in [0.5, 0.6) is 11.5 Å². The van der Waals surface area contributed by atoms with E-state index in [4.69, 9.17) is 4.74 Å². The Morgan fingerprint density at radius 3 is 1.77 bits per heavy atom. The molecule has 2 heterocycles. The van der Waals surface area contributed by atoms with Gasteiger partial charge >= 0.3 is 0 Å². The van der Waals surface area contributed by atoms with Crippen molar-refractivity contribution in [3.63, 3.8) is 0 Å². The molecule has 0 bridgehead atoms. The Morgan fingerprint density at radius 1 is 0.415 bits per heavy atom. The third kappa shape index (κ3) is 6.01. The standard InChI is InChI=1S/C61H46N2OS/c1-3-17-41(18-4-1)42-33-35-44(36-34-42)62(43-19-5-2-6-20-43)45-21-15-22-46(39-45)63(55-28-16-32-59-60(55)50-24-8-14-31-58(50)65-59)47-37-38-49-48-23-7-9-25-51(48)61(54(49)40-47)52-26-10-12-29-56(52)64-57-30-13-11-27-53(57)61/h2,5-16,19-41H,1,3-4,17-18H2. The van der Waals surface area contributed by atoms with Crippen molar-refractivity contribution in [2.75, 3.05) is 9.80 Å². The van der Waals surface area contributed by atoms with Crippen molar-refractivity contribution in [2.45, 2.75) is 43.4 Å². The fraction of sp³-hybridized carbons (Fsp3) is 0.115. The maximum absolute atomic E-state index is 6.72. The third-order valence-corrected chi connectivity index (χ3v) is 15.4. The molecule has 2 aliphatic carbocycles. The monoisotopic (exact) mass is 854 g/mol. The largest absolute Gasteiger partial charge is 0.457 e. The van der Waals surface area contributed by atoms with Gasteiger partial charge in [-0.05, 0) is 132 Å². The van der Waals surface area contributed by atoms with Crippen LogP contribution in [0, 0.1) is 0 Å². The van der Waals surface area contributed by atoms with Crippen LogP contribution in [-0.2, 0) is 5.41 Å². The van der Waals surface area contributed by atoms with Gasteiger partial charge in [-0.2, -0.15) is 0 Å². The maximum atomic E-state index is 6.72. The molecule has 0 saturated heterocycles. The first-order valence-corrected chi connectivity index (χ1v) is 23.9. The van der Waals surface area contributed by atoms with Gasteiger partial charge < -0.3 is 14.5 Å². The first-order chi connectivity index (χ1) is 32.2. The van der Waals surface area contributed by atoms with E-state index in [1.807, 2.05) is 11.3 Å². The number of rotatable bonds is 7. The molecule has 1 spiro atoms. The zero-order valence-electron chi connectivity index (χ0n) is 36.0. The van der Waals surface area contributed by atoms with Crippen LogP contribution in [0.15, 0.2) is 212 Å². The Labute approximate surface area is 384 Å². The molecule has 312 valence electrons. The summed E-state index contributed by atoms with van der Waals surface area (Å²) in [5.74, 6) is 2.44. The first-order valence-electron chi connectivity index (χ1n) is 23.1. The summed E-state index contributed by atoms with van der Waals surface area (Å²) in [5.41, 5.74) is 15.0. The van der Waals surface area contributed by atoms with Crippen molar-refractivity contribution >= 4 is 65.6 Å². The van der Waals surface area contributed by atoms with Crippen molar-refractivity contribution in [1.82, 2.24) is 0 Å². The molecule has 0 N–H and O–H groups in total. The van der Waals surface area contributed by atoms with Crippen molar-refractivity contribution < 1.29 is 4.74 Å². The van der Waals surface area contributed by atoms with Crippen LogP contribution < -0.4 is 14.5 Å². The Kier molecular flexibility index (Phi) is 9.02. The lowest BCUT2D eigenvalue weighted by atomic mass is 9.66. The Balaban J connectivity index is 1.04. The average molecular weight is 855 g/mol. The SMILES string of the molecule is c1ccc(N(c2ccc(C3CCCCC3)cc2)c2cccc(N(c3ccc4c(c3)C3(c5ccccc5Oc5ccccc53)c3ccccc3-4)c3cccc4sc5ccccc5c34)c2)cc1. The summed E-state index contributed by atoms with van der Waals surface area (Å²) in [6.45, 7) is 0. The maximum Gasteiger partial charge on any atom is 0.132 e. The minimum atomic E-state index is -0.587. The molecule has 3 aliphatic rings. The summed E-state index contributed by atoms with van der Waals surface area (Å²) in [7, 11) is 0. The topological polar surface area (TPSA) is 15.7 Å². The van der Waals surface area contributed by atoms with Crippen molar-refractivity contribution in [1.29, 1.82) is 0 Å². The average Bonchev–Trinajstić information content (AvgIpc) is 3.90. The fourth-order valence-electron chi connectivity index (χ4n) is 11.5. The quantitative estimate of drug-likeness (QED) is 0.159. The molecule has 9 aromatic carbocycles. The molecule has 1 aliphatic heterocycles. The molecule has 0 amide bonds. The summed E-state index contributed by atoms with van der Waals surface area (Å²) in [6, 6.07) is 78.5. The molecule has 4 heteroatoms. The number of thiophene rings is 1. The number of hydrogen-bond donors (Lipinski definition) is 0. The van der Waals surface area contributed by atoms with Gasteiger partial charge in [0.2, 0.25) is 0 Å². The molecule has 65 heavy (non-hydrogen) atoms. The fourth-order valence-corrected chi connectivity index (χ4v) is 12.6. The van der Waals surface area contributed by atoms with E-state index < -0.39 is 5.41 Å². The van der Waals surface area contributed by atoms with E-state index in [0.29, 0.717) is 5.92 Å². The van der Waals surface area contributed by atoms with Gasteiger partial charge in [0, 0.05) is 59.7 Å². The highest BCUT2D eigenvalue weighted by Crippen LogP contribution is 2.63. The highest BCUT2D eigenvalue weighted by Gasteiger charge is 2.51. The Hall–Kier alpha value is -7.40. The lowest BCUT2D eigenvalue weighted by Crippen LogP contribution is -2.32. The summed E-state index contributed by atoms with van der Waals surface area (Å²) in [6.07, 6.45) is 6.59. The molecule has 1 saturated carbocycles. The van der Waals surface area contributed by atoms with Crippen molar-refractivity contribution in [3.05, 3.63) is 240 Å². The van der Waals surface area contributed by atoms with Gasteiger partial charge in [-0.15, -0.1) is 11.3 Å². The van der Waals surface area contributed by atoms with Crippen LogP contribution in [-0.4, -0.2) is 0 Å². The number of fused-ring (bicyclic) bond motifs is 12. The Morgan fingerprint density at radius 2 is 0.985 bits per heavy atom. The minimum Gasteiger partial charge on any atom is -0.457 e. The van der Waals surface area contributed by atoms with Crippen LogP contribution in [0.4, 0.5) is 34.1 Å². The molecule has 0 radical (unpaired) electrons. The number of para-hydroxylation sites is 3. The van der Waals surface area contributed by atoms with Gasteiger partial charge in [0.25, 0.3) is 0 Å². The van der Waals surface area contributed by atoms with Gasteiger partial charge in [-0.25, -0.2) is 0 Å². The van der Waals surface area contributed by atoms with E-state index in [-0.39, 0.29) is 0 Å². The van der Waals surface area contributed by atoms with E-state index in [1.54, 1.807) is 0 Å². The van der Waals surface area contributed by atoms with Crippen LogP contribution in [0.3, 0.4) is 0 Å². The summed E-state index contributed by atoms with van der Waals surface area (Å²) < 4.78 is 9.28. The third-order valence-electron chi connectivity index (χ3n) is 14.3. The van der Waals surface area contributed by atoms with Crippen molar-refractivity contribution in [3.8, 4) is 22.6 Å². The molecule has 1 aromatic heterocycles. The minimum absolute atomic E-state index is 0.587. The molecule has 0 unspecified atom stereocenters. The smallest absolute Gasteiger partial charge is 0.132 e. The molecule has 10 aromatic rings. The molecular formula is C61H46N2OS. The lowest BCUT2D eigenvalue weighted by Gasteiger charge is -2.39. The van der Waals surface area contributed by atoms with Crippen LogP contribution in [0.2, 0.25) is 0 Å². The van der Waals surface area contributed by atoms with Gasteiger partial charge in [0.05, 0.1) is 11.1 Å². The highest BCUT2D eigenvalue weighted by atomic mass is 32.1. The van der Waals surface area contributed by atoms with Crippen LogP contribution in [0.25, 0.3) is 31.3 Å². The molecular weight excluding hydrogens is 809 g/mol. The second-order valence-corrected chi connectivity index (χ2v) is 18.9. The second kappa shape index (κ2) is 15.4. The predicted octanol–water partition coefficient (Wildman–Crippen LogP) is 17.5.